The predicted octanol–water partition coefficient (Wildman–Crippen LogP) is 6.68. The zero-order valence-electron chi connectivity index (χ0n) is 19.5. The Kier molecular flexibility index (Phi) is 5.59. The first-order valence-corrected chi connectivity index (χ1v) is 12.9. The molecule has 182 valence electrons. The summed E-state index contributed by atoms with van der Waals surface area (Å²) in [6.07, 6.45) is 7.14. The van der Waals surface area contributed by atoms with Crippen molar-refractivity contribution < 1.29 is 14.6 Å². The highest BCUT2D eigenvalue weighted by molar-refractivity contribution is 6.37. The van der Waals surface area contributed by atoms with E-state index >= 15 is 0 Å². The van der Waals surface area contributed by atoms with Gasteiger partial charge in [0.25, 0.3) is 0 Å². The van der Waals surface area contributed by atoms with E-state index in [4.69, 9.17) is 27.9 Å². The van der Waals surface area contributed by atoms with E-state index in [2.05, 4.69) is 16.9 Å². The highest BCUT2D eigenvalue weighted by atomic mass is 35.5. The number of hydrogen-bond donors (Lipinski definition) is 1. The van der Waals surface area contributed by atoms with Crippen molar-refractivity contribution in [3.63, 3.8) is 0 Å². The molecule has 0 amide bonds. The average molecular weight is 512 g/mol. The second kappa shape index (κ2) is 8.54. The molecule has 2 heterocycles. The number of fused-ring (bicyclic) bond motifs is 2. The fourth-order valence-corrected chi connectivity index (χ4v) is 6.61. The van der Waals surface area contributed by atoms with Crippen LogP contribution in [0.3, 0.4) is 0 Å². The summed E-state index contributed by atoms with van der Waals surface area (Å²) in [6, 6.07) is 12.9. The molecule has 1 aliphatic heterocycles. The Morgan fingerprint density at radius 3 is 2.63 bits per heavy atom. The van der Waals surface area contributed by atoms with E-state index in [1.165, 1.54) is 5.56 Å². The first-order valence-electron chi connectivity index (χ1n) is 12.2. The Morgan fingerprint density at radius 1 is 1.17 bits per heavy atom. The molecule has 2 aliphatic carbocycles. The van der Waals surface area contributed by atoms with Crippen molar-refractivity contribution in [1.82, 2.24) is 9.78 Å². The molecule has 2 aromatic carbocycles. The second-order valence-electron chi connectivity index (χ2n) is 10.0. The van der Waals surface area contributed by atoms with Gasteiger partial charge in [0.2, 0.25) is 0 Å². The zero-order chi connectivity index (χ0) is 24.3. The zero-order valence-corrected chi connectivity index (χ0v) is 21.0. The summed E-state index contributed by atoms with van der Waals surface area (Å²) in [7, 11) is 0. The van der Waals surface area contributed by atoms with Crippen LogP contribution in [-0.4, -0.2) is 32.6 Å². The fourth-order valence-electron chi connectivity index (χ4n) is 6.05. The van der Waals surface area contributed by atoms with Crippen LogP contribution in [0.4, 0.5) is 5.69 Å². The molecule has 1 aromatic heterocycles. The van der Waals surface area contributed by atoms with Crippen LogP contribution in [0.25, 0.3) is 5.69 Å². The molecule has 0 radical (unpaired) electrons. The number of nitrogens with zero attached hydrogens (tertiary/aromatic N) is 3. The molecule has 3 fully saturated rings. The molecule has 2 saturated carbocycles. The first-order chi connectivity index (χ1) is 16.9. The summed E-state index contributed by atoms with van der Waals surface area (Å²) >= 11 is 13.1. The van der Waals surface area contributed by atoms with Crippen molar-refractivity contribution in [1.29, 1.82) is 0 Å². The van der Waals surface area contributed by atoms with Gasteiger partial charge in [-0.2, -0.15) is 5.10 Å². The molecule has 35 heavy (non-hydrogen) atoms. The maximum Gasteiger partial charge on any atom is 0.335 e. The molecule has 3 aromatic rings. The number of rotatable bonds is 7. The van der Waals surface area contributed by atoms with E-state index in [-0.39, 0.29) is 11.6 Å². The maximum atomic E-state index is 11.6. The van der Waals surface area contributed by atoms with Crippen LogP contribution < -0.4 is 4.90 Å². The van der Waals surface area contributed by atoms with E-state index in [0.29, 0.717) is 34.2 Å². The Labute approximate surface area is 214 Å². The minimum absolute atomic E-state index is 0.263. The number of carboxylic acids is 1. The lowest BCUT2D eigenvalue weighted by Crippen LogP contribution is -2.50. The lowest BCUT2D eigenvalue weighted by molar-refractivity contribution is -0.0496. The van der Waals surface area contributed by atoms with Crippen molar-refractivity contribution in [3.05, 3.63) is 75.5 Å². The van der Waals surface area contributed by atoms with Gasteiger partial charge >= 0.3 is 5.97 Å². The van der Waals surface area contributed by atoms with Gasteiger partial charge in [0, 0.05) is 18.2 Å². The van der Waals surface area contributed by atoms with Gasteiger partial charge in [0.05, 0.1) is 34.1 Å². The van der Waals surface area contributed by atoms with Gasteiger partial charge in [-0.15, -0.1) is 0 Å². The average Bonchev–Trinajstić information content (AvgIpc) is 3.36. The SMILES string of the molecule is C[C@@H]1[C@H]2CC[C@](OCc3c(C4CC4)cnn3-c3c(Cl)cccc3Cl)(C2)N1c1cccc(C(=O)O)c1. The minimum Gasteiger partial charge on any atom is -0.478 e. The van der Waals surface area contributed by atoms with E-state index in [1.54, 1.807) is 12.1 Å². The molecule has 1 saturated heterocycles. The van der Waals surface area contributed by atoms with Gasteiger partial charge in [-0.1, -0.05) is 35.3 Å². The quantitative estimate of drug-likeness (QED) is 0.383. The van der Waals surface area contributed by atoms with Gasteiger partial charge in [-0.05, 0) is 80.3 Å². The smallest absolute Gasteiger partial charge is 0.335 e. The lowest BCUT2D eigenvalue weighted by Gasteiger charge is -2.43. The van der Waals surface area contributed by atoms with E-state index in [9.17, 15) is 9.90 Å². The molecule has 6 nitrogen and oxygen atoms in total. The molecule has 0 unspecified atom stereocenters. The summed E-state index contributed by atoms with van der Waals surface area (Å²) in [5.74, 6) is 0.0750. The molecule has 3 atom stereocenters. The van der Waals surface area contributed by atoms with Crippen LogP contribution in [0.15, 0.2) is 48.7 Å². The van der Waals surface area contributed by atoms with Crippen LogP contribution in [0.5, 0.6) is 0 Å². The lowest BCUT2D eigenvalue weighted by atomic mass is 9.99. The molecule has 0 spiro atoms. The second-order valence-corrected chi connectivity index (χ2v) is 10.8. The standard InChI is InChI=1S/C27H27Cl2N3O3/c1-16-19-10-11-27(13-19,31(16)20-5-2-4-18(12-20)26(33)34)35-15-24-21(17-8-9-17)14-30-32(24)25-22(28)6-3-7-23(25)29/h2-7,12,14,16-17,19H,8-11,13,15H2,1H3,(H,33,34)/t16-,19+,27+/m1/s1. The Bertz CT molecular complexity index is 1280. The first kappa shape index (κ1) is 22.9. The summed E-state index contributed by atoms with van der Waals surface area (Å²) in [5, 5.41) is 15.3. The number of piperidine rings is 1. The highest BCUT2D eigenvalue weighted by Gasteiger charge is 2.56. The van der Waals surface area contributed by atoms with Gasteiger partial charge < -0.3 is 14.7 Å². The number of anilines is 1. The summed E-state index contributed by atoms with van der Waals surface area (Å²) in [4.78, 5) is 13.9. The van der Waals surface area contributed by atoms with Crippen molar-refractivity contribution in [3.8, 4) is 5.69 Å². The van der Waals surface area contributed by atoms with Crippen molar-refractivity contribution in [2.45, 2.75) is 63.3 Å². The number of halogens is 2. The van der Waals surface area contributed by atoms with Gasteiger partial charge in [0.1, 0.15) is 11.4 Å². The van der Waals surface area contributed by atoms with E-state index in [1.807, 2.05) is 41.2 Å². The molecular weight excluding hydrogens is 485 g/mol. The topological polar surface area (TPSA) is 67.6 Å². The number of ether oxygens (including phenoxy) is 1. The number of aromatic carboxylic acids is 1. The van der Waals surface area contributed by atoms with Crippen molar-refractivity contribution in [2.24, 2.45) is 5.92 Å². The van der Waals surface area contributed by atoms with Gasteiger partial charge in [0.15, 0.2) is 0 Å². The number of hydrogen-bond acceptors (Lipinski definition) is 4. The normalized spacial score (nSPS) is 25.4. The van der Waals surface area contributed by atoms with Crippen LogP contribution in [0.2, 0.25) is 10.0 Å². The molecule has 3 aliphatic rings. The Balaban J connectivity index is 1.36. The third kappa shape index (κ3) is 3.83. The molecule has 1 N–H and O–H groups in total. The Hall–Kier alpha value is -2.54. The van der Waals surface area contributed by atoms with Crippen LogP contribution in [0.1, 0.15) is 66.6 Å². The van der Waals surface area contributed by atoms with E-state index in [0.717, 1.165) is 43.5 Å². The third-order valence-electron chi connectivity index (χ3n) is 7.93. The minimum atomic E-state index is -0.923. The fraction of sp³-hybridized carbons (Fsp3) is 0.407. The molecule has 2 bridgehead atoms. The molecule has 6 rings (SSSR count). The number of carbonyl (C=O) groups is 1. The number of carboxylic acid groups (broad SMARTS) is 1. The summed E-state index contributed by atoms with van der Waals surface area (Å²) < 4.78 is 8.70. The Morgan fingerprint density at radius 2 is 1.91 bits per heavy atom. The van der Waals surface area contributed by atoms with Crippen LogP contribution in [-0.2, 0) is 11.3 Å². The van der Waals surface area contributed by atoms with Crippen molar-refractivity contribution in [2.75, 3.05) is 4.90 Å². The predicted molar refractivity (Wildman–Crippen MR) is 136 cm³/mol. The van der Waals surface area contributed by atoms with Crippen molar-refractivity contribution >= 4 is 34.9 Å². The number of benzene rings is 2. The van der Waals surface area contributed by atoms with E-state index < -0.39 is 11.7 Å². The van der Waals surface area contributed by atoms with Crippen LogP contribution >= 0.6 is 23.2 Å². The van der Waals surface area contributed by atoms with Gasteiger partial charge in [-0.3, -0.25) is 0 Å². The monoisotopic (exact) mass is 511 g/mol. The highest BCUT2D eigenvalue weighted by Crippen LogP contribution is 2.53. The molecule has 8 heteroatoms. The largest absolute Gasteiger partial charge is 0.478 e. The van der Waals surface area contributed by atoms with Gasteiger partial charge in [-0.25, -0.2) is 9.48 Å². The third-order valence-corrected chi connectivity index (χ3v) is 8.54. The summed E-state index contributed by atoms with van der Waals surface area (Å²) in [6.45, 7) is 2.59. The summed E-state index contributed by atoms with van der Waals surface area (Å²) in [5.41, 5.74) is 3.55. The number of aromatic nitrogens is 2. The van der Waals surface area contributed by atoms with Crippen LogP contribution in [0, 0.1) is 5.92 Å². The molecular formula is C27H27Cl2N3O3. The number of para-hydroxylation sites is 1. The maximum absolute atomic E-state index is 11.6.